The van der Waals surface area contributed by atoms with Crippen molar-refractivity contribution in [1.29, 1.82) is 0 Å². The molecule has 1 aliphatic heterocycles. The van der Waals surface area contributed by atoms with Crippen molar-refractivity contribution in [2.24, 2.45) is 0 Å². The zero-order valence-electron chi connectivity index (χ0n) is 12.4. The minimum Gasteiger partial charge on any atom is -0.341 e. The van der Waals surface area contributed by atoms with Crippen LogP contribution in [-0.2, 0) is 11.2 Å². The summed E-state index contributed by atoms with van der Waals surface area (Å²) in [7, 11) is 1.91. The van der Waals surface area contributed by atoms with Gasteiger partial charge in [-0.15, -0.1) is 0 Å². The van der Waals surface area contributed by atoms with Crippen LogP contribution in [0, 0.1) is 11.6 Å². The van der Waals surface area contributed by atoms with E-state index in [0.29, 0.717) is 30.9 Å². The molecular weight excluding hydrogens is 274 g/mol. The highest BCUT2D eigenvalue weighted by Crippen LogP contribution is 2.15. The van der Waals surface area contributed by atoms with Gasteiger partial charge in [0.05, 0.1) is 0 Å². The summed E-state index contributed by atoms with van der Waals surface area (Å²) in [4.78, 5) is 14.0. The number of carbonyl (C=O) groups is 1. The van der Waals surface area contributed by atoms with E-state index >= 15 is 0 Å². The summed E-state index contributed by atoms with van der Waals surface area (Å²) in [6.45, 7) is 1.54. The topological polar surface area (TPSA) is 32.3 Å². The van der Waals surface area contributed by atoms with Crippen LogP contribution in [0.1, 0.15) is 31.2 Å². The van der Waals surface area contributed by atoms with Gasteiger partial charge < -0.3 is 10.2 Å². The Kier molecular flexibility index (Phi) is 5.67. The fourth-order valence-electron chi connectivity index (χ4n) is 2.76. The van der Waals surface area contributed by atoms with Crippen LogP contribution in [0.15, 0.2) is 18.2 Å². The summed E-state index contributed by atoms with van der Waals surface area (Å²) < 4.78 is 26.5. The van der Waals surface area contributed by atoms with Crippen molar-refractivity contribution >= 4 is 5.91 Å². The zero-order chi connectivity index (χ0) is 15.2. The smallest absolute Gasteiger partial charge is 0.222 e. The van der Waals surface area contributed by atoms with Crippen LogP contribution in [-0.4, -0.2) is 37.0 Å². The van der Waals surface area contributed by atoms with E-state index in [2.05, 4.69) is 5.32 Å². The second-order valence-electron chi connectivity index (χ2n) is 5.56. The minimum absolute atomic E-state index is 0.103. The summed E-state index contributed by atoms with van der Waals surface area (Å²) in [6, 6.07) is 3.81. The van der Waals surface area contributed by atoms with E-state index < -0.39 is 11.6 Å². The lowest BCUT2D eigenvalue weighted by molar-refractivity contribution is -0.132. The van der Waals surface area contributed by atoms with Gasteiger partial charge in [-0.2, -0.15) is 0 Å². The lowest BCUT2D eigenvalue weighted by atomic mass is 10.0. The molecule has 3 nitrogen and oxygen atoms in total. The van der Waals surface area contributed by atoms with Crippen LogP contribution in [0.3, 0.4) is 0 Å². The third-order valence-electron chi connectivity index (χ3n) is 4.03. The fraction of sp³-hybridized carbons (Fsp3) is 0.562. The molecule has 0 aliphatic carbocycles. The van der Waals surface area contributed by atoms with Gasteiger partial charge in [-0.3, -0.25) is 4.79 Å². The molecule has 0 aromatic heterocycles. The normalized spacial score (nSPS) is 18.8. The molecule has 1 atom stereocenters. The molecule has 0 spiro atoms. The molecule has 116 valence electrons. The number of amides is 1. The van der Waals surface area contributed by atoms with Crippen LogP contribution in [0.25, 0.3) is 0 Å². The van der Waals surface area contributed by atoms with E-state index in [1.54, 1.807) is 0 Å². The predicted molar refractivity (Wildman–Crippen MR) is 78.0 cm³/mol. The Balaban J connectivity index is 1.80. The van der Waals surface area contributed by atoms with Crippen molar-refractivity contribution in [2.45, 2.75) is 38.1 Å². The Morgan fingerprint density at radius 2 is 2.24 bits per heavy atom. The first-order valence-electron chi connectivity index (χ1n) is 7.49. The quantitative estimate of drug-likeness (QED) is 0.905. The molecule has 1 unspecified atom stereocenters. The van der Waals surface area contributed by atoms with Crippen molar-refractivity contribution < 1.29 is 13.6 Å². The minimum atomic E-state index is -0.439. The van der Waals surface area contributed by atoms with Gasteiger partial charge in [-0.05, 0) is 56.5 Å². The first kappa shape index (κ1) is 15.9. The highest BCUT2D eigenvalue weighted by molar-refractivity contribution is 5.76. The van der Waals surface area contributed by atoms with E-state index in [0.717, 1.165) is 38.1 Å². The standard InChI is InChI=1S/C16H22F2N2O/c1-19-14-5-3-9-20(11-14)16(21)6-2-4-12-10-13(17)7-8-15(12)18/h7-8,10,14,19H,2-6,9,11H2,1H3. The number of nitrogens with one attached hydrogen (secondary N) is 1. The summed E-state index contributed by atoms with van der Waals surface area (Å²) in [5, 5.41) is 3.20. The number of likely N-dealkylation sites (N-methyl/N-ethyl adjacent to an activating group) is 1. The lowest BCUT2D eigenvalue weighted by Crippen LogP contribution is -2.46. The van der Waals surface area contributed by atoms with Gasteiger partial charge in [0.25, 0.3) is 0 Å². The second kappa shape index (κ2) is 7.50. The van der Waals surface area contributed by atoms with Crippen LogP contribution in [0.5, 0.6) is 0 Å². The number of rotatable bonds is 5. The second-order valence-corrected chi connectivity index (χ2v) is 5.56. The van der Waals surface area contributed by atoms with Gasteiger partial charge in [-0.25, -0.2) is 8.78 Å². The number of aryl methyl sites for hydroxylation is 1. The van der Waals surface area contributed by atoms with Gasteiger partial charge in [0, 0.05) is 25.6 Å². The predicted octanol–water partition coefficient (Wildman–Crippen LogP) is 2.50. The first-order valence-corrected chi connectivity index (χ1v) is 7.49. The van der Waals surface area contributed by atoms with Crippen molar-refractivity contribution in [2.75, 3.05) is 20.1 Å². The molecule has 2 rings (SSSR count). The number of piperidine rings is 1. The molecule has 1 aliphatic rings. The molecule has 5 heteroatoms. The van der Waals surface area contributed by atoms with Crippen LogP contribution in [0.4, 0.5) is 8.78 Å². The lowest BCUT2D eigenvalue weighted by Gasteiger charge is -2.32. The number of nitrogens with zero attached hydrogens (tertiary/aromatic N) is 1. The molecule has 0 saturated carbocycles. The van der Waals surface area contributed by atoms with Gasteiger partial charge in [0.1, 0.15) is 11.6 Å². The Labute approximate surface area is 124 Å². The van der Waals surface area contributed by atoms with Gasteiger partial charge in [-0.1, -0.05) is 0 Å². The van der Waals surface area contributed by atoms with E-state index in [-0.39, 0.29) is 5.91 Å². The van der Waals surface area contributed by atoms with Gasteiger partial charge >= 0.3 is 0 Å². The largest absolute Gasteiger partial charge is 0.341 e. The number of halogens is 2. The molecule has 1 aromatic carbocycles. The molecule has 0 radical (unpaired) electrons. The number of likely N-dealkylation sites (tertiary alicyclic amines) is 1. The molecule has 21 heavy (non-hydrogen) atoms. The average Bonchev–Trinajstić information content (AvgIpc) is 2.50. The van der Waals surface area contributed by atoms with Crippen LogP contribution < -0.4 is 5.32 Å². The van der Waals surface area contributed by atoms with E-state index in [1.165, 1.54) is 6.07 Å². The third kappa shape index (κ3) is 4.49. The molecule has 1 amide bonds. The number of benzene rings is 1. The molecule has 1 fully saturated rings. The summed E-state index contributed by atoms with van der Waals surface area (Å²) in [5.41, 5.74) is 0.342. The number of hydrogen-bond donors (Lipinski definition) is 1. The molecular formula is C16H22F2N2O. The maximum absolute atomic E-state index is 13.5. The molecule has 1 N–H and O–H groups in total. The Bertz CT molecular complexity index is 493. The highest BCUT2D eigenvalue weighted by atomic mass is 19.1. The average molecular weight is 296 g/mol. The van der Waals surface area contributed by atoms with E-state index in [9.17, 15) is 13.6 Å². The summed E-state index contributed by atoms with van der Waals surface area (Å²) in [6.07, 6.45) is 3.41. The Hall–Kier alpha value is -1.49. The molecule has 1 aromatic rings. The first-order chi connectivity index (χ1) is 10.1. The number of carbonyl (C=O) groups excluding carboxylic acids is 1. The fourth-order valence-corrected chi connectivity index (χ4v) is 2.76. The van der Waals surface area contributed by atoms with Crippen molar-refractivity contribution in [3.05, 3.63) is 35.4 Å². The van der Waals surface area contributed by atoms with Crippen molar-refractivity contribution in [3.8, 4) is 0 Å². The van der Waals surface area contributed by atoms with Crippen LogP contribution >= 0.6 is 0 Å². The van der Waals surface area contributed by atoms with Crippen molar-refractivity contribution in [3.63, 3.8) is 0 Å². The molecule has 0 bridgehead atoms. The van der Waals surface area contributed by atoms with Gasteiger partial charge in [0.2, 0.25) is 5.91 Å². The SMILES string of the molecule is CNC1CCCN(C(=O)CCCc2cc(F)ccc2F)C1. The maximum Gasteiger partial charge on any atom is 0.222 e. The van der Waals surface area contributed by atoms with E-state index in [4.69, 9.17) is 0 Å². The third-order valence-corrected chi connectivity index (χ3v) is 4.03. The summed E-state index contributed by atoms with van der Waals surface area (Å²) >= 11 is 0. The van der Waals surface area contributed by atoms with Crippen LogP contribution in [0.2, 0.25) is 0 Å². The van der Waals surface area contributed by atoms with Crippen molar-refractivity contribution in [1.82, 2.24) is 10.2 Å². The monoisotopic (exact) mass is 296 g/mol. The Morgan fingerprint density at radius 3 is 3.00 bits per heavy atom. The van der Waals surface area contributed by atoms with E-state index in [1.807, 2.05) is 11.9 Å². The Morgan fingerprint density at radius 1 is 1.43 bits per heavy atom. The molecule has 1 heterocycles. The summed E-state index contributed by atoms with van der Waals surface area (Å²) in [5.74, 6) is -0.741. The molecule has 1 saturated heterocycles. The maximum atomic E-state index is 13.5. The van der Waals surface area contributed by atoms with Gasteiger partial charge in [0.15, 0.2) is 0 Å². The number of hydrogen-bond acceptors (Lipinski definition) is 2. The zero-order valence-corrected chi connectivity index (χ0v) is 12.4. The highest BCUT2D eigenvalue weighted by Gasteiger charge is 2.22.